The fourth-order valence-corrected chi connectivity index (χ4v) is 3.01. The Morgan fingerprint density at radius 1 is 1.39 bits per heavy atom. The van der Waals surface area contributed by atoms with Crippen LogP contribution >= 0.6 is 31.9 Å². The Hall–Kier alpha value is -0.430. The lowest BCUT2D eigenvalue weighted by molar-refractivity contribution is -0.175. The summed E-state index contributed by atoms with van der Waals surface area (Å²) in [4.78, 5) is 16.3. The summed E-state index contributed by atoms with van der Waals surface area (Å²) in [7, 11) is 2.98. The number of hydrogen-bond acceptors (Lipinski definition) is 3. The molecule has 4 nitrogen and oxygen atoms in total. The number of carbonyl (C=O) groups excluding carboxylic acids is 1. The second-order valence-corrected chi connectivity index (χ2v) is 5.37. The van der Waals surface area contributed by atoms with Crippen molar-refractivity contribution in [2.75, 3.05) is 20.8 Å². The van der Waals surface area contributed by atoms with Crippen LogP contribution in [0.4, 0.5) is 0 Å². The molecule has 0 aromatic heterocycles. The van der Waals surface area contributed by atoms with Gasteiger partial charge in [-0.3, -0.25) is 9.63 Å². The standard InChI is InChI=1S/C12H15Br2NO3/c1-8(18-7-11(16)15(2)17-3)12-9(13)5-4-6-10(12)14/h4-6,8H,7H2,1-3H3. The van der Waals surface area contributed by atoms with Crippen molar-refractivity contribution in [1.82, 2.24) is 5.06 Å². The van der Waals surface area contributed by atoms with Crippen LogP contribution in [0.25, 0.3) is 0 Å². The van der Waals surface area contributed by atoms with E-state index in [1.165, 1.54) is 7.11 Å². The zero-order valence-electron chi connectivity index (χ0n) is 10.4. The summed E-state index contributed by atoms with van der Waals surface area (Å²) in [5, 5.41) is 1.14. The Bertz CT molecular complexity index is 406. The maximum atomic E-state index is 11.5. The molecule has 0 saturated carbocycles. The first-order valence-electron chi connectivity index (χ1n) is 5.33. The van der Waals surface area contributed by atoms with Crippen molar-refractivity contribution in [1.29, 1.82) is 0 Å². The highest BCUT2D eigenvalue weighted by Gasteiger charge is 2.16. The summed E-state index contributed by atoms with van der Waals surface area (Å²) in [5.41, 5.74) is 0.977. The molecule has 0 N–H and O–H groups in total. The zero-order chi connectivity index (χ0) is 13.7. The molecule has 0 aliphatic carbocycles. The third-order valence-corrected chi connectivity index (χ3v) is 3.87. The van der Waals surface area contributed by atoms with Gasteiger partial charge in [0.05, 0.1) is 13.2 Å². The number of rotatable bonds is 5. The number of halogens is 2. The van der Waals surface area contributed by atoms with E-state index in [0.29, 0.717) is 0 Å². The van der Waals surface area contributed by atoms with Crippen molar-refractivity contribution < 1.29 is 14.4 Å². The topological polar surface area (TPSA) is 38.8 Å². The van der Waals surface area contributed by atoms with E-state index in [1.54, 1.807) is 7.05 Å². The molecule has 0 heterocycles. The van der Waals surface area contributed by atoms with Crippen LogP contribution in [-0.2, 0) is 14.4 Å². The molecule has 0 fully saturated rings. The molecule has 1 atom stereocenters. The molecule has 1 rings (SSSR count). The minimum Gasteiger partial charge on any atom is -0.364 e. The Morgan fingerprint density at radius 2 is 1.94 bits per heavy atom. The van der Waals surface area contributed by atoms with E-state index in [0.717, 1.165) is 19.6 Å². The summed E-state index contributed by atoms with van der Waals surface area (Å²) in [6.45, 7) is 1.87. The van der Waals surface area contributed by atoms with Crippen molar-refractivity contribution in [2.24, 2.45) is 0 Å². The second-order valence-electron chi connectivity index (χ2n) is 3.66. The molecule has 1 aromatic rings. The molecule has 0 spiro atoms. The Balaban J connectivity index is 2.66. The quantitative estimate of drug-likeness (QED) is 0.735. The largest absolute Gasteiger partial charge is 0.364 e. The van der Waals surface area contributed by atoms with E-state index in [9.17, 15) is 4.79 Å². The number of hydrogen-bond donors (Lipinski definition) is 0. The first-order chi connectivity index (χ1) is 8.47. The van der Waals surface area contributed by atoms with E-state index in [-0.39, 0.29) is 18.6 Å². The molecule has 18 heavy (non-hydrogen) atoms. The summed E-state index contributed by atoms with van der Waals surface area (Å²) in [6, 6.07) is 5.79. The molecular weight excluding hydrogens is 366 g/mol. The van der Waals surface area contributed by atoms with Gasteiger partial charge in [0.15, 0.2) is 0 Å². The van der Waals surface area contributed by atoms with Gasteiger partial charge in [-0.1, -0.05) is 37.9 Å². The third kappa shape index (κ3) is 4.05. The number of nitrogens with zero attached hydrogens (tertiary/aromatic N) is 1. The molecule has 0 saturated heterocycles. The van der Waals surface area contributed by atoms with E-state index in [4.69, 9.17) is 9.57 Å². The van der Waals surface area contributed by atoms with Crippen LogP contribution in [-0.4, -0.2) is 31.7 Å². The van der Waals surface area contributed by atoms with Crippen molar-refractivity contribution in [3.8, 4) is 0 Å². The summed E-state index contributed by atoms with van der Waals surface area (Å²) >= 11 is 6.93. The van der Waals surface area contributed by atoms with Crippen LogP contribution in [0, 0.1) is 0 Å². The molecule has 6 heteroatoms. The molecule has 0 aliphatic rings. The highest BCUT2D eigenvalue weighted by atomic mass is 79.9. The minimum atomic E-state index is -0.229. The van der Waals surface area contributed by atoms with Gasteiger partial charge in [-0.05, 0) is 19.1 Å². The SMILES string of the molecule is CON(C)C(=O)COC(C)c1c(Br)cccc1Br. The summed E-state index contributed by atoms with van der Waals surface area (Å²) < 4.78 is 7.43. The normalized spacial score (nSPS) is 12.3. The number of benzene rings is 1. The number of likely N-dealkylation sites (N-methyl/N-ethyl adjacent to an activating group) is 1. The molecule has 0 bridgehead atoms. The maximum Gasteiger partial charge on any atom is 0.271 e. The van der Waals surface area contributed by atoms with Gasteiger partial charge in [0.1, 0.15) is 6.61 Å². The highest BCUT2D eigenvalue weighted by molar-refractivity contribution is 9.11. The highest BCUT2D eigenvalue weighted by Crippen LogP contribution is 2.32. The van der Waals surface area contributed by atoms with Crippen molar-refractivity contribution in [3.05, 3.63) is 32.7 Å². The van der Waals surface area contributed by atoms with Crippen LogP contribution in [0.1, 0.15) is 18.6 Å². The zero-order valence-corrected chi connectivity index (χ0v) is 13.6. The lowest BCUT2D eigenvalue weighted by atomic mass is 10.1. The first kappa shape index (κ1) is 15.6. The average molecular weight is 381 g/mol. The van der Waals surface area contributed by atoms with E-state index >= 15 is 0 Å². The van der Waals surface area contributed by atoms with Gasteiger partial charge in [0.25, 0.3) is 5.91 Å². The predicted octanol–water partition coefficient (Wildman–Crippen LogP) is 3.31. The second kappa shape index (κ2) is 7.23. The monoisotopic (exact) mass is 379 g/mol. The molecule has 1 unspecified atom stereocenters. The van der Waals surface area contributed by atoms with Crippen molar-refractivity contribution >= 4 is 37.8 Å². The fraction of sp³-hybridized carbons (Fsp3) is 0.417. The third-order valence-electron chi connectivity index (χ3n) is 2.49. The maximum absolute atomic E-state index is 11.5. The summed E-state index contributed by atoms with van der Waals surface area (Å²) in [6.07, 6.45) is -0.204. The fourth-order valence-electron chi connectivity index (χ4n) is 1.37. The van der Waals surface area contributed by atoms with Crippen molar-refractivity contribution in [2.45, 2.75) is 13.0 Å². The molecule has 0 aliphatic heterocycles. The van der Waals surface area contributed by atoms with Gasteiger partial charge < -0.3 is 4.74 Å². The van der Waals surface area contributed by atoms with Gasteiger partial charge in [-0.15, -0.1) is 0 Å². The Kier molecular flexibility index (Phi) is 6.28. The van der Waals surface area contributed by atoms with Crippen LogP contribution in [0.3, 0.4) is 0 Å². The Morgan fingerprint density at radius 3 is 2.44 bits per heavy atom. The number of hydroxylamine groups is 2. The first-order valence-corrected chi connectivity index (χ1v) is 6.92. The minimum absolute atomic E-state index is 0.0285. The van der Waals surface area contributed by atoms with Gasteiger partial charge in [-0.25, -0.2) is 5.06 Å². The van der Waals surface area contributed by atoms with E-state index in [2.05, 4.69) is 31.9 Å². The van der Waals surface area contributed by atoms with E-state index < -0.39 is 0 Å². The van der Waals surface area contributed by atoms with E-state index in [1.807, 2.05) is 25.1 Å². The van der Waals surface area contributed by atoms with Gasteiger partial charge in [-0.2, -0.15) is 0 Å². The summed E-state index contributed by atoms with van der Waals surface area (Å²) in [5.74, 6) is -0.229. The van der Waals surface area contributed by atoms with Crippen molar-refractivity contribution in [3.63, 3.8) is 0 Å². The lowest BCUT2D eigenvalue weighted by Crippen LogP contribution is -2.29. The lowest BCUT2D eigenvalue weighted by Gasteiger charge is -2.18. The van der Waals surface area contributed by atoms with Crippen LogP contribution in [0.15, 0.2) is 27.1 Å². The van der Waals surface area contributed by atoms with Gasteiger partial charge in [0.2, 0.25) is 0 Å². The number of ether oxygens (including phenoxy) is 1. The Labute approximate surface area is 123 Å². The predicted molar refractivity (Wildman–Crippen MR) is 76.0 cm³/mol. The van der Waals surface area contributed by atoms with Crippen LogP contribution in [0.5, 0.6) is 0 Å². The molecule has 0 radical (unpaired) electrons. The smallest absolute Gasteiger partial charge is 0.271 e. The molecule has 1 amide bonds. The van der Waals surface area contributed by atoms with Crippen LogP contribution in [0.2, 0.25) is 0 Å². The van der Waals surface area contributed by atoms with Gasteiger partial charge >= 0.3 is 0 Å². The van der Waals surface area contributed by atoms with Crippen LogP contribution < -0.4 is 0 Å². The molecule has 1 aromatic carbocycles. The average Bonchev–Trinajstić information content (AvgIpc) is 2.34. The number of amides is 1. The number of carbonyl (C=O) groups is 1. The molecular formula is C12H15Br2NO3. The van der Waals surface area contributed by atoms with Gasteiger partial charge in [0, 0.05) is 21.6 Å². The molecule has 100 valence electrons.